The normalized spacial score (nSPS) is 18.1. The molecule has 3 nitrogen and oxygen atoms in total. The van der Waals surface area contributed by atoms with Gasteiger partial charge in [-0.15, -0.1) is 11.3 Å². The molecule has 0 bridgehead atoms. The average molecular weight is 224 g/mol. The lowest BCUT2D eigenvalue weighted by Crippen LogP contribution is -2.33. The van der Waals surface area contributed by atoms with Crippen LogP contribution in [0.25, 0.3) is 0 Å². The Labute approximate surface area is 94.1 Å². The van der Waals surface area contributed by atoms with Gasteiger partial charge in [0.25, 0.3) is 0 Å². The summed E-state index contributed by atoms with van der Waals surface area (Å²) in [6.07, 6.45) is 3.04. The maximum Gasteiger partial charge on any atom is 0.185 e. The third kappa shape index (κ3) is 2.20. The van der Waals surface area contributed by atoms with E-state index in [4.69, 9.17) is 0 Å². The number of nitrogens with zero attached hydrogens (tertiary/aromatic N) is 2. The predicted octanol–water partition coefficient (Wildman–Crippen LogP) is 2.18. The van der Waals surface area contributed by atoms with Crippen molar-refractivity contribution in [3.05, 3.63) is 10.6 Å². The first-order valence-electron chi connectivity index (χ1n) is 5.35. The molecule has 0 N–H and O–H groups in total. The Morgan fingerprint density at radius 3 is 2.53 bits per heavy atom. The van der Waals surface area contributed by atoms with E-state index in [-0.39, 0.29) is 5.92 Å². The zero-order chi connectivity index (χ0) is 10.8. The van der Waals surface area contributed by atoms with Crippen LogP contribution >= 0.6 is 11.3 Å². The van der Waals surface area contributed by atoms with E-state index in [9.17, 15) is 4.79 Å². The minimum absolute atomic E-state index is 0.267. The van der Waals surface area contributed by atoms with Gasteiger partial charge in [-0.3, -0.25) is 0 Å². The molecular weight excluding hydrogens is 208 g/mol. The zero-order valence-electron chi connectivity index (χ0n) is 9.19. The molecule has 15 heavy (non-hydrogen) atoms. The fourth-order valence-electron chi connectivity index (χ4n) is 1.82. The molecule has 0 aromatic carbocycles. The number of carbonyl (C=O) groups excluding carboxylic acids is 1. The Hall–Kier alpha value is -0.900. The summed E-state index contributed by atoms with van der Waals surface area (Å²) in [4.78, 5) is 18.8. The predicted molar refractivity (Wildman–Crippen MR) is 62.6 cm³/mol. The minimum Gasteiger partial charge on any atom is -0.348 e. The van der Waals surface area contributed by atoms with Gasteiger partial charge in [0.15, 0.2) is 5.13 Å². The monoisotopic (exact) mass is 224 g/mol. The molecule has 2 rings (SSSR count). The van der Waals surface area contributed by atoms with Crippen molar-refractivity contribution in [2.24, 2.45) is 5.92 Å². The third-order valence-corrected chi connectivity index (χ3v) is 4.15. The van der Waals surface area contributed by atoms with Gasteiger partial charge in [-0.1, -0.05) is 0 Å². The Morgan fingerprint density at radius 1 is 1.40 bits per heavy atom. The molecule has 2 heterocycles. The second-order valence-electron chi connectivity index (χ2n) is 4.10. The van der Waals surface area contributed by atoms with E-state index < -0.39 is 0 Å². The Bertz CT molecular complexity index is 334. The van der Waals surface area contributed by atoms with Crippen LogP contribution in [-0.2, 0) is 4.79 Å². The number of aryl methyl sites for hydroxylation is 2. The maximum absolute atomic E-state index is 10.6. The van der Waals surface area contributed by atoms with Gasteiger partial charge in [-0.25, -0.2) is 4.98 Å². The summed E-state index contributed by atoms with van der Waals surface area (Å²) in [5.74, 6) is 0.267. The standard InChI is InChI=1S/C11H16N2OS/c1-8-9(2)15-11(12-8)13-5-3-10(7-14)4-6-13/h7,10H,3-6H2,1-2H3. The molecule has 82 valence electrons. The number of hydrogen-bond donors (Lipinski definition) is 0. The highest BCUT2D eigenvalue weighted by molar-refractivity contribution is 7.15. The number of aromatic nitrogens is 1. The topological polar surface area (TPSA) is 33.2 Å². The van der Waals surface area contributed by atoms with Gasteiger partial charge in [0, 0.05) is 23.9 Å². The number of hydrogen-bond acceptors (Lipinski definition) is 4. The molecule has 0 spiro atoms. The lowest BCUT2D eigenvalue weighted by molar-refractivity contribution is -0.111. The van der Waals surface area contributed by atoms with E-state index in [2.05, 4.69) is 16.8 Å². The molecule has 0 saturated carbocycles. The first kappa shape index (κ1) is 10.6. The number of carbonyl (C=O) groups is 1. The van der Waals surface area contributed by atoms with Crippen molar-refractivity contribution in [1.29, 1.82) is 0 Å². The summed E-state index contributed by atoms with van der Waals surface area (Å²) in [5, 5.41) is 1.12. The smallest absolute Gasteiger partial charge is 0.185 e. The summed E-state index contributed by atoms with van der Waals surface area (Å²) in [6, 6.07) is 0. The number of thiazole rings is 1. The van der Waals surface area contributed by atoms with Crippen molar-refractivity contribution in [2.45, 2.75) is 26.7 Å². The molecule has 0 unspecified atom stereocenters. The molecule has 0 atom stereocenters. The zero-order valence-corrected chi connectivity index (χ0v) is 10.0. The number of piperidine rings is 1. The fourth-order valence-corrected chi connectivity index (χ4v) is 2.78. The number of rotatable bonds is 2. The summed E-state index contributed by atoms with van der Waals surface area (Å²) >= 11 is 1.76. The highest BCUT2D eigenvalue weighted by atomic mass is 32.1. The summed E-state index contributed by atoms with van der Waals surface area (Å²) in [5.41, 5.74) is 1.13. The molecule has 0 aliphatic carbocycles. The van der Waals surface area contributed by atoms with Gasteiger partial charge in [0.2, 0.25) is 0 Å². The second kappa shape index (κ2) is 4.31. The van der Waals surface area contributed by atoms with Gasteiger partial charge < -0.3 is 9.69 Å². The fraction of sp³-hybridized carbons (Fsp3) is 0.636. The van der Waals surface area contributed by atoms with Crippen LogP contribution in [0.15, 0.2) is 0 Å². The van der Waals surface area contributed by atoms with Crippen LogP contribution in [0, 0.1) is 19.8 Å². The molecule has 1 aromatic rings. The Kier molecular flexibility index (Phi) is 3.05. The average Bonchev–Trinajstić information content (AvgIpc) is 2.59. The van der Waals surface area contributed by atoms with Crippen LogP contribution in [0.4, 0.5) is 5.13 Å². The van der Waals surface area contributed by atoms with Crippen molar-refractivity contribution in [1.82, 2.24) is 4.98 Å². The van der Waals surface area contributed by atoms with Crippen LogP contribution in [-0.4, -0.2) is 24.4 Å². The largest absolute Gasteiger partial charge is 0.348 e. The summed E-state index contributed by atoms with van der Waals surface area (Å²) < 4.78 is 0. The molecule has 4 heteroatoms. The van der Waals surface area contributed by atoms with Crippen LogP contribution in [0.2, 0.25) is 0 Å². The van der Waals surface area contributed by atoms with E-state index in [1.54, 1.807) is 11.3 Å². The van der Waals surface area contributed by atoms with Crippen molar-refractivity contribution in [3.63, 3.8) is 0 Å². The van der Waals surface area contributed by atoms with E-state index in [0.717, 1.165) is 43.0 Å². The van der Waals surface area contributed by atoms with Crippen LogP contribution in [0.1, 0.15) is 23.4 Å². The van der Waals surface area contributed by atoms with Crippen molar-refractivity contribution in [3.8, 4) is 0 Å². The van der Waals surface area contributed by atoms with Crippen LogP contribution < -0.4 is 4.90 Å². The van der Waals surface area contributed by atoms with E-state index >= 15 is 0 Å². The number of anilines is 1. The van der Waals surface area contributed by atoms with Crippen LogP contribution in [0.3, 0.4) is 0 Å². The summed E-state index contributed by atoms with van der Waals surface area (Å²) in [6.45, 7) is 6.09. The lowest BCUT2D eigenvalue weighted by Gasteiger charge is -2.29. The van der Waals surface area contributed by atoms with Crippen molar-refractivity contribution >= 4 is 22.8 Å². The van der Waals surface area contributed by atoms with Gasteiger partial charge in [-0.2, -0.15) is 0 Å². The molecular formula is C11H16N2OS. The maximum atomic E-state index is 10.6. The van der Waals surface area contributed by atoms with Crippen LogP contribution in [0.5, 0.6) is 0 Å². The molecule has 0 radical (unpaired) electrons. The van der Waals surface area contributed by atoms with Gasteiger partial charge >= 0.3 is 0 Å². The second-order valence-corrected chi connectivity index (χ2v) is 5.28. The molecule has 1 saturated heterocycles. The Balaban J connectivity index is 2.04. The SMILES string of the molecule is Cc1nc(N2CCC(C=O)CC2)sc1C. The first-order valence-corrected chi connectivity index (χ1v) is 6.16. The highest BCUT2D eigenvalue weighted by Crippen LogP contribution is 2.28. The first-order chi connectivity index (χ1) is 7.20. The number of aldehydes is 1. The quantitative estimate of drug-likeness (QED) is 0.722. The Morgan fingerprint density at radius 2 is 2.07 bits per heavy atom. The highest BCUT2D eigenvalue weighted by Gasteiger charge is 2.20. The molecule has 0 amide bonds. The minimum atomic E-state index is 0.267. The molecule has 1 fully saturated rings. The van der Waals surface area contributed by atoms with Gasteiger partial charge in [-0.05, 0) is 26.7 Å². The third-order valence-electron chi connectivity index (χ3n) is 3.02. The molecule has 1 aliphatic rings. The van der Waals surface area contributed by atoms with E-state index in [1.807, 2.05) is 6.92 Å². The van der Waals surface area contributed by atoms with Crippen molar-refractivity contribution in [2.75, 3.05) is 18.0 Å². The molecule has 1 aliphatic heterocycles. The van der Waals surface area contributed by atoms with E-state index in [1.165, 1.54) is 4.88 Å². The van der Waals surface area contributed by atoms with E-state index in [0.29, 0.717) is 0 Å². The van der Waals surface area contributed by atoms with Crippen molar-refractivity contribution < 1.29 is 4.79 Å². The molecule has 1 aromatic heterocycles. The van der Waals surface area contributed by atoms with Gasteiger partial charge in [0.1, 0.15) is 6.29 Å². The lowest BCUT2D eigenvalue weighted by atomic mass is 9.99. The van der Waals surface area contributed by atoms with Gasteiger partial charge in [0.05, 0.1) is 5.69 Å². The summed E-state index contributed by atoms with van der Waals surface area (Å²) in [7, 11) is 0.